The van der Waals surface area contributed by atoms with Gasteiger partial charge in [-0.15, -0.1) is 10.2 Å². The lowest BCUT2D eigenvalue weighted by atomic mass is 10.2. The zero-order valence-corrected chi connectivity index (χ0v) is 9.23. The maximum Gasteiger partial charge on any atom is 0.196 e. The molecule has 0 aliphatic heterocycles. The van der Waals surface area contributed by atoms with Crippen LogP contribution < -0.4 is 11.1 Å². The van der Waals surface area contributed by atoms with Gasteiger partial charge >= 0.3 is 0 Å². The number of hydrogen-bond acceptors (Lipinski definition) is 5. The average Bonchev–Trinajstić information content (AvgIpc) is 2.68. The summed E-state index contributed by atoms with van der Waals surface area (Å²) in [5.74, 6) is 0.625. The summed E-state index contributed by atoms with van der Waals surface area (Å²) >= 11 is 0. The number of aromatic amines is 1. The van der Waals surface area contributed by atoms with Gasteiger partial charge in [0.25, 0.3) is 0 Å². The average molecular weight is 218 g/mol. The molecule has 0 spiro atoms. The summed E-state index contributed by atoms with van der Waals surface area (Å²) in [6.45, 7) is 3.96. The molecule has 1 unspecified atom stereocenters. The molecule has 0 aliphatic carbocycles. The largest absolute Gasteiger partial charge is 0.399 e. The van der Waals surface area contributed by atoms with Crippen molar-refractivity contribution >= 4 is 11.4 Å². The number of nitrogen functional groups attached to an aromatic ring is 1. The highest BCUT2D eigenvalue weighted by atomic mass is 15.5. The van der Waals surface area contributed by atoms with Gasteiger partial charge in [-0.05, 0) is 37.6 Å². The molecule has 2 rings (SSSR count). The molecule has 6 nitrogen and oxygen atoms in total. The van der Waals surface area contributed by atoms with Crippen LogP contribution in [-0.2, 0) is 0 Å². The second-order valence-corrected chi connectivity index (χ2v) is 3.77. The lowest BCUT2D eigenvalue weighted by Crippen LogP contribution is -2.09. The van der Waals surface area contributed by atoms with Crippen LogP contribution in [0.15, 0.2) is 18.2 Å². The second kappa shape index (κ2) is 4.18. The Morgan fingerprint density at radius 1 is 1.38 bits per heavy atom. The summed E-state index contributed by atoms with van der Waals surface area (Å²) in [4.78, 5) is 0. The zero-order valence-electron chi connectivity index (χ0n) is 9.23. The van der Waals surface area contributed by atoms with Gasteiger partial charge in [-0.2, -0.15) is 5.21 Å². The molecule has 1 atom stereocenters. The molecule has 0 bridgehead atoms. The van der Waals surface area contributed by atoms with Gasteiger partial charge in [-0.25, -0.2) is 0 Å². The van der Waals surface area contributed by atoms with Crippen molar-refractivity contribution in [2.75, 3.05) is 11.1 Å². The summed E-state index contributed by atoms with van der Waals surface area (Å²) in [5, 5.41) is 17.0. The van der Waals surface area contributed by atoms with E-state index in [9.17, 15) is 0 Å². The van der Waals surface area contributed by atoms with Crippen molar-refractivity contribution in [2.45, 2.75) is 19.9 Å². The first-order chi connectivity index (χ1) is 7.65. The molecule has 16 heavy (non-hydrogen) atoms. The lowest BCUT2D eigenvalue weighted by Gasteiger charge is -2.12. The third-order valence-electron chi connectivity index (χ3n) is 2.23. The molecule has 1 aromatic heterocycles. The first kappa shape index (κ1) is 10.4. The molecular formula is C10H14N6. The minimum Gasteiger partial charge on any atom is -0.399 e. The predicted molar refractivity (Wildman–Crippen MR) is 61.8 cm³/mol. The number of rotatable bonds is 3. The summed E-state index contributed by atoms with van der Waals surface area (Å²) in [6.07, 6.45) is 0. The number of nitrogens with zero attached hydrogens (tertiary/aromatic N) is 3. The molecule has 0 radical (unpaired) electrons. The Labute approximate surface area is 93.2 Å². The van der Waals surface area contributed by atoms with Crippen LogP contribution >= 0.6 is 0 Å². The van der Waals surface area contributed by atoms with Crippen LogP contribution in [0.2, 0.25) is 0 Å². The maximum absolute atomic E-state index is 5.76. The van der Waals surface area contributed by atoms with Crippen molar-refractivity contribution in [3.63, 3.8) is 0 Å². The highest BCUT2D eigenvalue weighted by Gasteiger charge is 2.09. The van der Waals surface area contributed by atoms with Gasteiger partial charge in [0.15, 0.2) is 5.82 Å². The van der Waals surface area contributed by atoms with E-state index < -0.39 is 0 Å². The highest BCUT2D eigenvalue weighted by Crippen LogP contribution is 2.20. The molecule has 0 amide bonds. The number of H-pyrrole nitrogens is 1. The van der Waals surface area contributed by atoms with Crippen LogP contribution in [0, 0.1) is 6.92 Å². The van der Waals surface area contributed by atoms with E-state index in [0.29, 0.717) is 5.82 Å². The van der Waals surface area contributed by atoms with Crippen molar-refractivity contribution < 1.29 is 0 Å². The van der Waals surface area contributed by atoms with Gasteiger partial charge in [0.2, 0.25) is 0 Å². The number of aromatic nitrogens is 4. The maximum atomic E-state index is 5.76. The Kier molecular flexibility index (Phi) is 2.72. The van der Waals surface area contributed by atoms with Crippen LogP contribution in [0.4, 0.5) is 11.4 Å². The van der Waals surface area contributed by atoms with E-state index in [4.69, 9.17) is 5.73 Å². The quantitative estimate of drug-likeness (QED) is 0.674. The molecule has 2 aromatic rings. The predicted octanol–water partition coefficient (Wildman–Crippen LogP) is 1.26. The Morgan fingerprint density at radius 2 is 2.19 bits per heavy atom. The minimum atomic E-state index is -0.0139. The number of nitrogens with one attached hydrogen (secondary N) is 2. The number of anilines is 2. The van der Waals surface area contributed by atoms with Gasteiger partial charge in [-0.1, -0.05) is 5.21 Å². The molecular weight excluding hydrogens is 204 g/mol. The fraction of sp³-hybridized carbons (Fsp3) is 0.300. The van der Waals surface area contributed by atoms with Gasteiger partial charge in [-0.3, -0.25) is 0 Å². The van der Waals surface area contributed by atoms with Gasteiger partial charge in [0.1, 0.15) is 0 Å². The number of hydrogen-bond donors (Lipinski definition) is 3. The zero-order chi connectivity index (χ0) is 11.5. The first-order valence-electron chi connectivity index (χ1n) is 5.02. The fourth-order valence-corrected chi connectivity index (χ4v) is 1.56. The van der Waals surface area contributed by atoms with E-state index in [1.54, 1.807) is 0 Å². The summed E-state index contributed by atoms with van der Waals surface area (Å²) in [7, 11) is 0. The summed E-state index contributed by atoms with van der Waals surface area (Å²) in [6, 6.07) is 5.81. The lowest BCUT2D eigenvalue weighted by molar-refractivity contribution is 0.793. The van der Waals surface area contributed by atoms with Crippen molar-refractivity contribution in [3.05, 3.63) is 29.6 Å². The molecule has 6 heteroatoms. The molecule has 1 heterocycles. The molecule has 0 fully saturated rings. The summed E-state index contributed by atoms with van der Waals surface area (Å²) < 4.78 is 0. The van der Waals surface area contributed by atoms with Gasteiger partial charge < -0.3 is 11.1 Å². The minimum absolute atomic E-state index is 0.0139. The van der Waals surface area contributed by atoms with E-state index in [0.717, 1.165) is 16.9 Å². The Balaban J connectivity index is 2.15. The topological polar surface area (TPSA) is 92.5 Å². The molecule has 0 saturated carbocycles. The van der Waals surface area contributed by atoms with E-state index in [2.05, 4.69) is 25.9 Å². The van der Waals surface area contributed by atoms with Crippen LogP contribution in [-0.4, -0.2) is 20.6 Å². The van der Waals surface area contributed by atoms with Gasteiger partial charge in [0, 0.05) is 11.4 Å². The molecule has 0 saturated heterocycles. The number of aryl methyl sites for hydroxylation is 1. The summed E-state index contributed by atoms with van der Waals surface area (Å²) in [5.41, 5.74) is 8.57. The Hall–Kier alpha value is -2.11. The van der Waals surface area contributed by atoms with E-state index in [-0.39, 0.29) is 6.04 Å². The Morgan fingerprint density at radius 3 is 2.81 bits per heavy atom. The van der Waals surface area contributed by atoms with Crippen LogP contribution in [0.5, 0.6) is 0 Å². The molecule has 1 aromatic carbocycles. The molecule has 4 N–H and O–H groups in total. The number of nitrogens with two attached hydrogens (primary N) is 1. The van der Waals surface area contributed by atoms with Crippen LogP contribution in [0.1, 0.15) is 24.4 Å². The third kappa shape index (κ3) is 2.28. The molecule has 0 aliphatic rings. The standard InChI is InChI=1S/C10H14N6/c1-6-3-8(11)5-9(4-6)12-7(2)10-13-15-16-14-10/h3-5,7,12H,11H2,1-2H3,(H,13,14,15,16). The van der Waals surface area contributed by atoms with Crippen LogP contribution in [0.25, 0.3) is 0 Å². The van der Waals surface area contributed by atoms with Gasteiger partial charge in [0.05, 0.1) is 6.04 Å². The highest BCUT2D eigenvalue weighted by molar-refractivity contribution is 5.57. The fourth-order valence-electron chi connectivity index (χ4n) is 1.56. The third-order valence-corrected chi connectivity index (χ3v) is 2.23. The SMILES string of the molecule is Cc1cc(N)cc(NC(C)c2nn[nH]n2)c1. The normalized spacial score (nSPS) is 12.4. The first-order valence-corrected chi connectivity index (χ1v) is 5.02. The van der Waals surface area contributed by atoms with E-state index in [1.807, 2.05) is 32.0 Å². The monoisotopic (exact) mass is 218 g/mol. The van der Waals surface area contributed by atoms with Crippen molar-refractivity contribution in [2.24, 2.45) is 0 Å². The van der Waals surface area contributed by atoms with Crippen molar-refractivity contribution in [3.8, 4) is 0 Å². The number of tetrazole rings is 1. The van der Waals surface area contributed by atoms with Crippen molar-refractivity contribution in [1.82, 2.24) is 20.6 Å². The molecule has 84 valence electrons. The smallest absolute Gasteiger partial charge is 0.196 e. The van der Waals surface area contributed by atoms with Crippen LogP contribution in [0.3, 0.4) is 0 Å². The number of benzene rings is 1. The second-order valence-electron chi connectivity index (χ2n) is 3.77. The van der Waals surface area contributed by atoms with E-state index >= 15 is 0 Å². The van der Waals surface area contributed by atoms with Crippen molar-refractivity contribution in [1.29, 1.82) is 0 Å². The van der Waals surface area contributed by atoms with E-state index in [1.165, 1.54) is 0 Å². The Bertz CT molecular complexity index is 444.